The van der Waals surface area contributed by atoms with Crippen molar-refractivity contribution in [1.29, 1.82) is 0 Å². The van der Waals surface area contributed by atoms with Gasteiger partial charge in [0, 0.05) is 16.9 Å². The Kier molecular flexibility index (Phi) is 8.20. The Balaban J connectivity index is 0.995. The number of aliphatic hydroxyl groups excluding tert-OH is 2. The van der Waals surface area contributed by atoms with Crippen molar-refractivity contribution >= 4 is 29.3 Å². The minimum Gasteiger partial charge on any atom is -0.394 e. The molecular weight excluding hydrogens is 596 g/mol. The molecule has 7 heterocycles. The van der Waals surface area contributed by atoms with Crippen molar-refractivity contribution in [3.63, 3.8) is 0 Å². The second-order valence-corrected chi connectivity index (χ2v) is 13.9. The number of ether oxygens (including phenoxy) is 1. The molecule has 4 atom stereocenters. The molecule has 4 unspecified atom stereocenters. The number of fused-ring (bicyclic) bond motifs is 5. The molecule has 47 heavy (non-hydrogen) atoms. The number of hydrogen-bond donors (Lipinski definition) is 4. The molecule has 0 spiro atoms. The van der Waals surface area contributed by atoms with Crippen LogP contribution in [0.1, 0.15) is 50.5 Å². The number of hydrogen-bond acceptors (Lipinski definition) is 10. The zero-order valence-corrected chi connectivity index (χ0v) is 26.7. The van der Waals surface area contributed by atoms with Gasteiger partial charge in [-0.15, -0.1) is 0 Å². The summed E-state index contributed by atoms with van der Waals surface area (Å²) >= 11 is 0. The van der Waals surface area contributed by atoms with Gasteiger partial charge in [0.2, 0.25) is 11.9 Å². The molecule has 0 saturated carbocycles. The van der Waals surface area contributed by atoms with Gasteiger partial charge in [0.25, 0.3) is 0 Å². The van der Waals surface area contributed by atoms with Crippen LogP contribution in [-0.4, -0.2) is 106 Å². The summed E-state index contributed by atoms with van der Waals surface area (Å²) in [5, 5.41) is 26.2. The van der Waals surface area contributed by atoms with E-state index in [0.29, 0.717) is 36.6 Å². The second-order valence-electron chi connectivity index (χ2n) is 13.9. The smallest absolute Gasteiger partial charge is 0.323 e. The molecule has 4 N–H and O–H groups in total. The molecule has 12 heteroatoms. The first kappa shape index (κ1) is 30.5. The van der Waals surface area contributed by atoms with E-state index in [2.05, 4.69) is 32.6 Å². The van der Waals surface area contributed by atoms with Gasteiger partial charge in [-0.05, 0) is 112 Å². The van der Waals surface area contributed by atoms with Crippen LogP contribution in [0.2, 0.25) is 0 Å². The average molecular weight is 641 g/mol. The molecule has 6 aliphatic rings. The van der Waals surface area contributed by atoms with Gasteiger partial charge >= 0.3 is 6.03 Å². The summed E-state index contributed by atoms with van der Waals surface area (Å²) < 4.78 is 5.81. The zero-order valence-electron chi connectivity index (χ0n) is 26.7. The standard InChI is InChI=1S/C35H44N8O4/c44-19-27-9-10-28(20-45)42(27)32-38-31(39-33(40-32)43-29-11-12-30(43)22-47-21-29)23-1-5-25(6-2-23)36-34(46)37-26-7-3-24(4-8-26)35-13-16-41(17-14-35)18-15-35/h1-8,27-30,44-45H,9-22H2,(H2,36,37,46). The first-order valence-electron chi connectivity index (χ1n) is 17.2. The molecule has 9 rings (SSSR count). The highest BCUT2D eigenvalue weighted by Gasteiger charge is 2.42. The Hall–Kier alpha value is -3.84. The quantitative estimate of drug-likeness (QED) is 0.289. The summed E-state index contributed by atoms with van der Waals surface area (Å²) in [6.07, 6.45) is 7.19. The van der Waals surface area contributed by atoms with Crippen LogP contribution in [0.15, 0.2) is 48.5 Å². The molecule has 4 bridgehead atoms. The molecule has 2 aromatic carbocycles. The second kappa shape index (κ2) is 12.6. The number of morpholine rings is 1. The predicted octanol–water partition coefficient (Wildman–Crippen LogP) is 3.61. The topological polar surface area (TPSA) is 139 Å². The van der Waals surface area contributed by atoms with Gasteiger partial charge in [0.15, 0.2) is 5.82 Å². The van der Waals surface area contributed by atoms with Crippen LogP contribution in [0.4, 0.5) is 28.1 Å². The minimum atomic E-state index is -0.304. The lowest BCUT2D eigenvalue weighted by Crippen LogP contribution is -2.50. The summed E-state index contributed by atoms with van der Waals surface area (Å²) in [4.78, 5) is 34.4. The number of anilines is 4. The first-order valence-corrected chi connectivity index (χ1v) is 17.2. The van der Waals surface area contributed by atoms with Crippen molar-refractivity contribution in [1.82, 2.24) is 19.9 Å². The van der Waals surface area contributed by atoms with Crippen LogP contribution in [-0.2, 0) is 10.2 Å². The van der Waals surface area contributed by atoms with E-state index < -0.39 is 0 Å². The van der Waals surface area contributed by atoms with Gasteiger partial charge in [-0.1, -0.05) is 12.1 Å². The maximum atomic E-state index is 12.9. The molecular formula is C35H44N8O4. The van der Waals surface area contributed by atoms with Crippen LogP contribution >= 0.6 is 0 Å². The fraction of sp³-hybridized carbons (Fsp3) is 0.543. The number of rotatable bonds is 8. The number of amides is 2. The third-order valence-corrected chi connectivity index (χ3v) is 11.2. The maximum Gasteiger partial charge on any atom is 0.323 e. The summed E-state index contributed by atoms with van der Waals surface area (Å²) in [6, 6.07) is 15.6. The predicted molar refractivity (Wildman–Crippen MR) is 180 cm³/mol. The molecule has 12 nitrogen and oxygen atoms in total. The number of urea groups is 1. The average Bonchev–Trinajstić information content (AvgIpc) is 3.66. The summed E-state index contributed by atoms with van der Waals surface area (Å²) in [6.45, 7) is 4.74. The van der Waals surface area contributed by atoms with Crippen molar-refractivity contribution in [2.45, 2.75) is 74.5 Å². The zero-order chi connectivity index (χ0) is 32.0. The fourth-order valence-corrected chi connectivity index (χ4v) is 8.48. The Labute approximate surface area is 275 Å². The molecule has 6 saturated heterocycles. The van der Waals surface area contributed by atoms with Crippen LogP contribution in [0, 0.1) is 0 Å². The van der Waals surface area contributed by atoms with E-state index in [1.165, 1.54) is 44.5 Å². The highest BCUT2D eigenvalue weighted by molar-refractivity contribution is 5.99. The lowest BCUT2D eigenvalue weighted by molar-refractivity contribution is 0.0818. The lowest BCUT2D eigenvalue weighted by atomic mass is 9.67. The van der Waals surface area contributed by atoms with Gasteiger partial charge in [-0.2, -0.15) is 15.0 Å². The van der Waals surface area contributed by atoms with E-state index >= 15 is 0 Å². The third kappa shape index (κ3) is 5.81. The highest BCUT2D eigenvalue weighted by Crippen LogP contribution is 2.43. The summed E-state index contributed by atoms with van der Waals surface area (Å²) in [5.74, 6) is 1.57. The van der Waals surface area contributed by atoms with Crippen LogP contribution in [0.3, 0.4) is 0 Å². The Morgan fingerprint density at radius 2 is 1.28 bits per heavy atom. The SMILES string of the molecule is O=C(Nc1ccc(-c2nc(N3C(CO)CCC3CO)nc(N3C4CCC3COC4)n2)cc1)Nc1ccc(C23CCN(CC2)CC3)cc1. The van der Waals surface area contributed by atoms with E-state index in [4.69, 9.17) is 19.7 Å². The lowest BCUT2D eigenvalue weighted by Gasteiger charge is -2.48. The molecule has 3 aromatic rings. The Morgan fingerprint density at radius 3 is 1.83 bits per heavy atom. The van der Waals surface area contributed by atoms with Crippen molar-refractivity contribution in [2.75, 3.05) is 66.5 Å². The number of aromatic nitrogens is 3. The van der Waals surface area contributed by atoms with Crippen molar-refractivity contribution in [3.05, 3.63) is 54.1 Å². The number of nitrogens with one attached hydrogen (secondary N) is 2. The van der Waals surface area contributed by atoms with E-state index in [1.807, 2.05) is 41.3 Å². The largest absolute Gasteiger partial charge is 0.394 e. The van der Waals surface area contributed by atoms with E-state index in [1.54, 1.807) is 0 Å². The van der Waals surface area contributed by atoms with Gasteiger partial charge in [0.05, 0.1) is 50.6 Å². The van der Waals surface area contributed by atoms with Crippen LogP contribution < -0.4 is 20.4 Å². The number of aliphatic hydroxyl groups is 2. The van der Waals surface area contributed by atoms with E-state index in [-0.39, 0.29) is 48.8 Å². The number of carbonyl (C=O) groups excluding carboxylic acids is 1. The minimum absolute atomic E-state index is 0.0398. The molecule has 0 radical (unpaired) electrons. The molecule has 0 aliphatic carbocycles. The summed E-state index contributed by atoms with van der Waals surface area (Å²) in [7, 11) is 0. The Morgan fingerprint density at radius 1 is 0.745 bits per heavy atom. The Bertz CT molecular complexity index is 1540. The molecule has 6 aliphatic heterocycles. The number of piperidine rings is 3. The normalized spacial score (nSPS) is 29.7. The molecule has 1 aromatic heterocycles. The monoisotopic (exact) mass is 640 g/mol. The highest BCUT2D eigenvalue weighted by atomic mass is 16.5. The van der Waals surface area contributed by atoms with Gasteiger partial charge in [0.1, 0.15) is 0 Å². The number of nitrogens with zero attached hydrogens (tertiary/aromatic N) is 6. The molecule has 6 fully saturated rings. The van der Waals surface area contributed by atoms with E-state index in [9.17, 15) is 15.0 Å². The third-order valence-electron chi connectivity index (χ3n) is 11.2. The van der Waals surface area contributed by atoms with Crippen molar-refractivity contribution in [3.8, 4) is 11.4 Å². The molecule has 248 valence electrons. The van der Waals surface area contributed by atoms with Gasteiger partial charge < -0.3 is 40.3 Å². The van der Waals surface area contributed by atoms with Gasteiger partial charge in [-0.3, -0.25) is 0 Å². The summed E-state index contributed by atoms with van der Waals surface area (Å²) in [5.41, 5.74) is 3.86. The maximum absolute atomic E-state index is 12.9. The number of benzene rings is 2. The van der Waals surface area contributed by atoms with Crippen molar-refractivity contribution < 1.29 is 19.7 Å². The van der Waals surface area contributed by atoms with Crippen molar-refractivity contribution in [2.24, 2.45) is 0 Å². The van der Waals surface area contributed by atoms with Gasteiger partial charge in [-0.25, -0.2) is 4.79 Å². The molecule has 2 amide bonds. The van der Waals surface area contributed by atoms with E-state index in [0.717, 1.165) is 36.9 Å². The number of carbonyl (C=O) groups is 1. The first-order chi connectivity index (χ1) is 23.0. The fourth-order valence-electron chi connectivity index (χ4n) is 8.48. The van der Waals surface area contributed by atoms with Crippen LogP contribution in [0.25, 0.3) is 11.4 Å². The van der Waals surface area contributed by atoms with Crippen LogP contribution in [0.5, 0.6) is 0 Å².